The molecule has 3 rings (SSSR count). The van der Waals surface area contributed by atoms with Gasteiger partial charge in [0.15, 0.2) is 11.5 Å². The zero-order valence-corrected chi connectivity index (χ0v) is 17.8. The predicted molar refractivity (Wildman–Crippen MR) is 117 cm³/mol. The Bertz CT molecular complexity index is 1100. The number of carbonyl (C=O) groups excluding carboxylic acids is 1. The van der Waals surface area contributed by atoms with Crippen molar-refractivity contribution >= 4 is 11.6 Å². The van der Waals surface area contributed by atoms with Gasteiger partial charge in [-0.25, -0.2) is 4.39 Å². The maximum atomic E-state index is 13.3. The largest absolute Gasteiger partial charge is 0.493 e. The van der Waals surface area contributed by atoms with E-state index in [0.29, 0.717) is 24.5 Å². The van der Waals surface area contributed by atoms with E-state index >= 15 is 0 Å². The van der Waals surface area contributed by atoms with Gasteiger partial charge in [-0.15, -0.1) is 0 Å². The number of non-ortho nitro benzene ring substituents is 1. The average Bonchev–Trinajstić information content (AvgIpc) is 2.82. The Morgan fingerprint density at radius 1 is 0.969 bits per heavy atom. The molecule has 166 valence electrons. The number of carbonyl (C=O) groups is 1. The van der Waals surface area contributed by atoms with E-state index in [0.717, 1.165) is 11.1 Å². The van der Waals surface area contributed by atoms with Crippen molar-refractivity contribution in [3.8, 4) is 11.5 Å². The lowest BCUT2D eigenvalue weighted by Crippen LogP contribution is -2.32. The molecule has 0 aliphatic rings. The molecule has 0 spiro atoms. The molecule has 0 atom stereocenters. The summed E-state index contributed by atoms with van der Waals surface area (Å²) in [5.74, 6) is 0.473. The molecule has 0 N–H and O–H groups in total. The fourth-order valence-electron chi connectivity index (χ4n) is 3.30. The Morgan fingerprint density at radius 2 is 1.66 bits per heavy atom. The van der Waals surface area contributed by atoms with Gasteiger partial charge in [0, 0.05) is 30.8 Å². The minimum absolute atomic E-state index is 0.155. The minimum atomic E-state index is -0.537. The highest BCUT2D eigenvalue weighted by molar-refractivity contribution is 5.94. The molecule has 7 nitrogen and oxygen atoms in total. The van der Waals surface area contributed by atoms with Gasteiger partial charge in [-0.3, -0.25) is 14.9 Å². The van der Waals surface area contributed by atoms with Crippen molar-refractivity contribution in [3.63, 3.8) is 0 Å². The summed E-state index contributed by atoms with van der Waals surface area (Å²) in [6.07, 6.45) is 0.516. The number of rotatable bonds is 9. The highest BCUT2D eigenvalue weighted by Gasteiger charge is 2.19. The van der Waals surface area contributed by atoms with Crippen LogP contribution in [-0.2, 0) is 13.0 Å². The van der Waals surface area contributed by atoms with Crippen LogP contribution in [0.1, 0.15) is 21.5 Å². The number of halogens is 1. The molecule has 0 fully saturated rings. The Morgan fingerprint density at radius 3 is 2.31 bits per heavy atom. The van der Waals surface area contributed by atoms with Crippen molar-refractivity contribution in [2.24, 2.45) is 0 Å². The molecular formula is C24H23FN2O5. The lowest BCUT2D eigenvalue weighted by atomic mass is 10.1. The molecule has 0 radical (unpaired) electrons. The lowest BCUT2D eigenvalue weighted by molar-refractivity contribution is -0.384. The third-order valence-corrected chi connectivity index (χ3v) is 5.00. The van der Waals surface area contributed by atoms with Crippen LogP contribution >= 0.6 is 0 Å². The molecule has 3 aromatic rings. The van der Waals surface area contributed by atoms with Crippen LogP contribution in [0.15, 0.2) is 66.7 Å². The van der Waals surface area contributed by atoms with Crippen molar-refractivity contribution in [3.05, 3.63) is 99.4 Å². The molecular weight excluding hydrogens is 415 g/mol. The summed E-state index contributed by atoms with van der Waals surface area (Å²) >= 11 is 0. The second-order valence-electron chi connectivity index (χ2n) is 7.10. The number of nitro groups is 1. The quantitative estimate of drug-likeness (QED) is 0.359. The van der Waals surface area contributed by atoms with Crippen molar-refractivity contribution in [2.75, 3.05) is 20.8 Å². The highest BCUT2D eigenvalue weighted by Crippen LogP contribution is 2.28. The van der Waals surface area contributed by atoms with Crippen molar-refractivity contribution in [2.45, 2.75) is 13.0 Å². The normalized spacial score (nSPS) is 10.5. The first kappa shape index (κ1) is 22.7. The molecule has 0 aromatic heterocycles. The number of hydrogen-bond acceptors (Lipinski definition) is 5. The van der Waals surface area contributed by atoms with E-state index in [4.69, 9.17) is 9.47 Å². The van der Waals surface area contributed by atoms with Gasteiger partial charge in [0.25, 0.3) is 11.6 Å². The standard InChI is InChI=1S/C24H23FN2O5/c1-31-22-11-8-17(14-23(22)32-2)12-13-26(16-18-6-9-20(25)10-7-18)24(28)19-4-3-5-21(15-19)27(29)30/h3-11,14-15H,12-13,16H2,1-2H3. The van der Waals surface area contributed by atoms with Crippen molar-refractivity contribution in [1.82, 2.24) is 4.90 Å². The van der Waals surface area contributed by atoms with Crippen LogP contribution in [0.2, 0.25) is 0 Å². The molecule has 32 heavy (non-hydrogen) atoms. The second kappa shape index (κ2) is 10.4. The fraction of sp³-hybridized carbons (Fsp3) is 0.208. The number of amides is 1. The van der Waals surface area contributed by atoms with Crippen LogP contribution in [0.5, 0.6) is 11.5 Å². The Kier molecular flexibility index (Phi) is 7.38. The lowest BCUT2D eigenvalue weighted by Gasteiger charge is -2.23. The highest BCUT2D eigenvalue weighted by atomic mass is 19.1. The molecule has 0 saturated carbocycles. The van der Waals surface area contributed by atoms with Gasteiger partial charge in [0.05, 0.1) is 19.1 Å². The third-order valence-electron chi connectivity index (χ3n) is 5.00. The molecule has 1 amide bonds. The summed E-state index contributed by atoms with van der Waals surface area (Å²) in [6.45, 7) is 0.573. The van der Waals surface area contributed by atoms with Crippen LogP contribution in [0.4, 0.5) is 10.1 Å². The smallest absolute Gasteiger partial charge is 0.270 e. The van der Waals surface area contributed by atoms with Gasteiger partial charge < -0.3 is 14.4 Å². The van der Waals surface area contributed by atoms with Gasteiger partial charge in [-0.05, 0) is 47.9 Å². The molecule has 0 bridgehead atoms. The van der Waals surface area contributed by atoms with E-state index in [1.54, 1.807) is 43.4 Å². The molecule has 3 aromatic carbocycles. The molecule has 8 heteroatoms. The average molecular weight is 438 g/mol. The molecule has 0 heterocycles. The Balaban J connectivity index is 1.85. The van der Waals surface area contributed by atoms with E-state index in [1.807, 2.05) is 12.1 Å². The van der Waals surface area contributed by atoms with Crippen LogP contribution in [0, 0.1) is 15.9 Å². The number of nitrogens with zero attached hydrogens (tertiary/aromatic N) is 2. The Labute approximate surface area is 185 Å². The second-order valence-corrected chi connectivity index (χ2v) is 7.10. The Hall–Kier alpha value is -3.94. The van der Waals surface area contributed by atoms with E-state index in [1.165, 1.54) is 30.3 Å². The van der Waals surface area contributed by atoms with E-state index in [9.17, 15) is 19.3 Å². The first-order valence-corrected chi connectivity index (χ1v) is 9.90. The SMILES string of the molecule is COc1ccc(CCN(Cc2ccc(F)cc2)C(=O)c2cccc([N+](=O)[O-])c2)cc1OC. The van der Waals surface area contributed by atoms with E-state index in [-0.39, 0.29) is 29.5 Å². The summed E-state index contributed by atoms with van der Waals surface area (Å²) in [5, 5.41) is 11.1. The molecule has 0 saturated heterocycles. The van der Waals surface area contributed by atoms with Crippen molar-refractivity contribution in [1.29, 1.82) is 0 Å². The van der Waals surface area contributed by atoms with Gasteiger partial charge >= 0.3 is 0 Å². The van der Waals surface area contributed by atoms with Gasteiger partial charge in [-0.1, -0.05) is 24.3 Å². The van der Waals surface area contributed by atoms with Crippen LogP contribution in [-0.4, -0.2) is 36.5 Å². The van der Waals surface area contributed by atoms with Gasteiger partial charge in [0.2, 0.25) is 0 Å². The fourth-order valence-corrected chi connectivity index (χ4v) is 3.30. The summed E-state index contributed by atoms with van der Waals surface area (Å²) in [4.78, 5) is 25.4. The van der Waals surface area contributed by atoms with E-state index in [2.05, 4.69) is 0 Å². The molecule has 0 aliphatic carbocycles. The van der Waals surface area contributed by atoms with Crippen LogP contribution in [0.3, 0.4) is 0 Å². The summed E-state index contributed by atoms with van der Waals surface area (Å²) in [5.41, 5.74) is 1.74. The van der Waals surface area contributed by atoms with Gasteiger partial charge in [0.1, 0.15) is 5.82 Å². The first-order chi connectivity index (χ1) is 15.4. The third kappa shape index (κ3) is 5.60. The summed E-state index contributed by atoms with van der Waals surface area (Å²) in [6, 6.07) is 17.0. The molecule has 0 aliphatic heterocycles. The minimum Gasteiger partial charge on any atom is -0.493 e. The summed E-state index contributed by atoms with van der Waals surface area (Å²) in [7, 11) is 3.11. The van der Waals surface area contributed by atoms with E-state index < -0.39 is 4.92 Å². The first-order valence-electron chi connectivity index (χ1n) is 9.90. The topological polar surface area (TPSA) is 81.9 Å². The predicted octanol–water partition coefficient (Wildman–Crippen LogP) is 4.64. The number of ether oxygens (including phenoxy) is 2. The van der Waals surface area contributed by atoms with Crippen LogP contribution < -0.4 is 9.47 Å². The zero-order valence-electron chi connectivity index (χ0n) is 17.8. The maximum absolute atomic E-state index is 13.3. The van der Waals surface area contributed by atoms with Crippen LogP contribution in [0.25, 0.3) is 0 Å². The number of methoxy groups -OCH3 is 2. The monoisotopic (exact) mass is 438 g/mol. The number of benzene rings is 3. The summed E-state index contributed by atoms with van der Waals surface area (Å²) < 4.78 is 23.9. The number of nitro benzene ring substituents is 1. The van der Waals surface area contributed by atoms with Gasteiger partial charge in [-0.2, -0.15) is 0 Å². The van der Waals surface area contributed by atoms with Crippen molar-refractivity contribution < 1.29 is 23.6 Å². The zero-order chi connectivity index (χ0) is 23.1. The maximum Gasteiger partial charge on any atom is 0.270 e. The molecule has 0 unspecified atom stereocenters. The number of hydrogen-bond donors (Lipinski definition) is 0.